The fraction of sp³-hybridized carbons (Fsp3) is 0.429. The highest BCUT2D eigenvalue weighted by molar-refractivity contribution is 7.08. The van der Waals surface area contributed by atoms with Crippen molar-refractivity contribution in [2.75, 3.05) is 0 Å². The molecule has 1 saturated heterocycles. The van der Waals surface area contributed by atoms with Gasteiger partial charge in [0.15, 0.2) is 5.82 Å². The van der Waals surface area contributed by atoms with Crippen molar-refractivity contribution < 1.29 is 9.31 Å². The molecule has 1 aliphatic heterocycles. The van der Waals surface area contributed by atoms with Gasteiger partial charge in [-0.3, -0.25) is 0 Å². The third-order valence-electron chi connectivity index (χ3n) is 3.95. The normalized spacial score (nSPS) is 20.3. The summed E-state index contributed by atoms with van der Waals surface area (Å²) in [5.74, 6) is 0.707. The minimum atomic E-state index is -0.444. The number of nitrogens with zero attached hydrogens (tertiary/aromatic N) is 2. The Bertz CT molecular complexity index is 597. The van der Waals surface area contributed by atoms with Crippen molar-refractivity contribution in [3.05, 3.63) is 29.1 Å². The first-order valence-electron chi connectivity index (χ1n) is 6.60. The Hall–Kier alpha value is -1.24. The zero-order chi connectivity index (χ0) is 14.4. The van der Waals surface area contributed by atoms with Crippen molar-refractivity contribution in [3.8, 4) is 11.4 Å². The molecule has 0 N–H and O–H groups in total. The van der Waals surface area contributed by atoms with E-state index in [1.807, 2.05) is 50.6 Å². The lowest BCUT2D eigenvalue weighted by Crippen LogP contribution is -2.41. The van der Waals surface area contributed by atoms with Crippen molar-refractivity contribution in [2.24, 2.45) is 0 Å². The molecule has 0 atom stereocenters. The molecule has 1 aliphatic rings. The van der Waals surface area contributed by atoms with E-state index < -0.39 is 7.12 Å². The number of hydrogen-bond acceptors (Lipinski definition) is 5. The molecule has 3 rings (SSSR count). The van der Waals surface area contributed by atoms with Crippen LogP contribution in [0.3, 0.4) is 0 Å². The minimum Gasteiger partial charge on any atom is -0.398 e. The van der Waals surface area contributed by atoms with Gasteiger partial charge in [-0.25, -0.2) is 9.97 Å². The van der Waals surface area contributed by atoms with Gasteiger partial charge in [-0.15, -0.1) is 0 Å². The van der Waals surface area contributed by atoms with Crippen LogP contribution >= 0.6 is 11.3 Å². The maximum atomic E-state index is 6.01. The van der Waals surface area contributed by atoms with Crippen molar-refractivity contribution in [1.82, 2.24) is 9.97 Å². The topological polar surface area (TPSA) is 44.2 Å². The molecular formula is C14H17BN2O2S. The van der Waals surface area contributed by atoms with Crippen LogP contribution in [0.5, 0.6) is 0 Å². The van der Waals surface area contributed by atoms with Gasteiger partial charge in [0.05, 0.1) is 16.8 Å². The molecule has 0 aromatic carbocycles. The van der Waals surface area contributed by atoms with Gasteiger partial charge in [-0.05, 0) is 45.2 Å². The van der Waals surface area contributed by atoms with Gasteiger partial charge in [0.2, 0.25) is 0 Å². The third kappa shape index (κ3) is 2.28. The number of aromatic nitrogens is 2. The molecular weight excluding hydrogens is 271 g/mol. The summed E-state index contributed by atoms with van der Waals surface area (Å²) < 4.78 is 12.0. The summed E-state index contributed by atoms with van der Waals surface area (Å²) >= 11 is 1.63. The predicted octanol–water partition coefficient (Wildman–Crippen LogP) is 2.50. The van der Waals surface area contributed by atoms with Gasteiger partial charge >= 0.3 is 7.12 Å². The van der Waals surface area contributed by atoms with Crippen LogP contribution in [0.15, 0.2) is 29.1 Å². The van der Waals surface area contributed by atoms with E-state index in [0.29, 0.717) is 5.82 Å². The fourth-order valence-corrected chi connectivity index (χ4v) is 2.63. The first-order valence-corrected chi connectivity index (χ1v) is 7.54. The predicted molar refractivity (Wildman–Crippen MR) is 81.1 cm³/mol. The molecule has 2 aromatic rings. The van der Waals surface area contributed by atoms with Gasteiger partial charge < -0.3 is 9.31 Å². The SMILES string of the molecule is CC1(C)OB(c2ccnc(-c3ccsc3)n2)OC1(C)C. The van der Waals surface area contributed by atoms with E-state index in [2.05, 4.69) is 9.97 Å². The van der Waals surface area contributed by atoms with Gasteiger partial charge in [0.1, 0.15) is 0 Å². The second kappa shape index (κ2) is 4.65. The van der Waals surface area contributed by atoms with Gasteiger partial charge in [-0.2, -0.15) is 11.3 Å². The molecule has 0 saturated carbocycles. The Morgan fingerprint density at radius 1 is 1.10 bits per heavy atom. The van der Waals surface area contributed by atoms with E-state index in [0.717, 1.165) is 11.2 Å². The Balaban J connectivity index is 1.91. The van der Waals surface area contributed by atoms with E-state index in [1.54, 1.807) is 17.5 Å². The van der Waals surface area contributed by atoms with Crippen LogP contribution < -0.4 is 5.59 Å². The lowest BCUT2D eigenvalue weighted by atomic mass is 9.84. The van der Waals surface area contributed by atoms with E-state index in [1.165, 1.54) is 0 Å². The summed E-state index contributed by atoms with van der Waals surface area (Å²) in [5, 5.41) is 4.05. The quantitative estimate of drug-likeness (QED) is 0.796. The summed E-state index contributed by atoms with van der Waals surface area (Å²) in [4.78, 5) is 8.88. The molecule has 0 bridgehead atoms. The van der Waals surface area contributed by atoms with Gasteiger partial charge in [0, 0.05) is 17.1 Å². The molecule has 0 radical (unpaired) electrons. The van der Waals surface area contributed by atoms with Crippen molar-refractivity contribution in [1.29, 1.82) is 0 Å². The number of rotatable bonds is 2. The highest BCUT2D eigenvalue weighted by atomic mass is 32.1. The van der Waals surface area contributed by atoms with Crippen molar-refractivity contribution >= 4 is 24.0 Å². The lowest BCUT2D eigenvalue weighted by molar-refractivity contribution is 0.00578. The highest BCUT2D eigenvalue weighted by Crippen LogP contribution is 2.36. The zero-order valence-corrected chi connectivity index (χ0v) is 12.9. The van der Waals surface area contributed by atoms with Crippen LogP contribution in [0.25, 0.3) is 11.4 Å². The van der Waals surface area contributed by atoms with Crippen LogP contribution in [0, 0.1) is 0 Å². The fourth-order valence-electron chi connectivity index (χ4n) is 2.00. The molecule has 0 amide bonds. The van der Waals surface area contributed by atoms with Crippen molar-refractivity contribution in [2.45, 2.75) is 38.9 Å². The monoisotopic (exact) mass is 288 g/mol. The molecule has 0 spiro atoms. The van der Waals surface area contributed by atoms with Crippen LogP contribution in [-0.4, -0.2) is 28.3 Å². The van der Waals surface area contributed by atoms with Crippen LogP contribution in [0.1, 0.15) is 27.7 Å². The van der Waals surface area contributed by atoms with Crippen LogP contribution in [0.4, 0.5) is 0 Å². The number of thiophene rings is 1. The van der Waals surface area contributed by atoms with Gasteiger partial charge in [-0.1, -0.05) is 0 Å². The largest absolute Gasteiger partial charge is 0.514 e. The molecule has 104 valence electrons. The average Bonchev–Trinajstić information content (AvgIpc) is 2.97. The third-order valence-corrected chi connectivity index (χ3v) is 4.63. The summed E-state index contributed by atoms with van der Waals surface area (Å²) in [6.07, 6.45) is 1.75. The first kappa shape index (κ1) is 13.7. The molecule has 3 heterocycles. The maximum Gasteiger partial charge on any atom is 0.514 e. The summed E-state index contributed by atoms with van der Waals surface area (Å²) in [6.45, 7) is 8.14. The summed E-state index contributed by atoms with van der Waals surface area (Å²) in [7, 11) is -0.444. The summed E-state index contributed by atoms with van der Waals surface area (Å²) in [5.41, 5.74) is 1.07. The molecule has 6 heteroatoms. The Kier molecular flexibility index (Phi) is 3.19. The summed E-state index contributed by atoms with van der Waals surface area (Å²) in [6, 6.07) is 3.85. The standard InChI is InChI=1S/C14H17BN2O2S/c1-13(2)14(3,4)19-15(18-13)11-5-7-16-12(17-11)10-6-8-20-9-10/h5-9H,1-4H3. The Labute approximate surface area is 123 Å². The number of hydrogen-bond donors (Lipinski definition) is 0. The molecule has 0 unspecified atom stereocenters. The molecule has 2 aromatic heterocycles. The van der Waals surface area contributed by atoms with Crippen LogP contribution in [-0.2, 0) is 9.31 Å². The Morgan fingerprint density at radius 3 is 2.40 bits per heavy atom. The minimum absolute atomic E-state index is 0.356. The molecule has 4 nitrogen and oxygen atoms in total. The van der Waals surface area contributed by atoms with E-state index >= 15 is 0 Å². The Morgan fingerprint density at radius 2 is 1.80 bits per heavy atom. The van der Waals surface area contributed by atoms with E-state index in [4.69, 9.17) is 9.31 Å². The molecule has 1 fully saturated rings. The smallest absolute Gasteiger partial charge is 0.398 e. The van der Waals surface area contributed by atoms with Gasteiger partial charge in [0.25, 0.3) is 0 Å². The average molecular weight is 288 g/mol. The molecule has 20 heavy (non-hydrogen) atoms. The highest BCUT2D eigenvalue weighted by Gasteiger charge is 2.52. The van der Waals surface area contributed by atoms with E-state index in [-0.39, 0.29) is 11.2 Å². The second-order valence-corrected chi connectivity index (χ2v) is 6.69. The zero-order valence-electron chi connectivity index (χ0n) is 12.1. The van der Waals surface area contributed by atoms with Crippen molar-refractivity contribution in [3.63, 3.8) is 0 Å². The van der Waals surface area contributed by atoms with Crippen LogP contribution in [0.2, 0.25) is 0 Å². The molecule has 0 aliphatic carbocycles. The van der Waals surface area contributed by atoms with E-state index in [9.17, 15) is 0 Å². The first-order chi connectivity index (χ1) is 9.39. The maximum absolute atomic E-state index is 6.01. The second-order valence-electron chi connectivity index (χ2n) is 5.91. The lowest BCUT2D eigenvalue weighted by Gasteiger charge is -2.32.